The Kier molecular flexibility index (Phi) is 0.980. The zero-order valence-corrected chi connectivity index (χ0v) is 7.12. The van der Waals surface area contributed by atoms with Crippen LogP contribution in [0.5, 0.6) is 0 Å². The number of carbonyl (C=O) groups excluding carboxylic acids is 1. The van der Waals surface area contributed by atoms with Gasteiger partial charge in [0.25, 0.3) is 0 Å². The third-order valence-electron chi connectivity index (χ3n) is 3.88. The molecule has 0 spiro atoms. The van der Waals surface area contributed by atoms with E-state index in [1.807, 2.05) is 0 Å². The van der Waals surface area contributed by atoms with Gasteiger partial charge in [-0.1, -0.05) is 19.1 Å². The Hall–Kier alpha value is -0.790. The van der Waals surface area contributed by atoms with Crippen LogP contribution in [0.3, 0.4) is 0 Å². The predicted octanol–water partition coefficient (Wildman–Crippen LogP) is 1.37. The van der Waals surface area contributed by atoms with Crippen molar-refractivity contribution in [2.24, 2.45) is 23.2 Å². The Balaban J connectivity index is 2.10. The number of esters is 1. The maximum absolute atomic E-state index is 11.4. The van der Waals surface area contributed by atoms with Gasteiger partial charge in [-0.15, -0.1) is 0 Å². The lowest BCUT2D eigenvalue weighted by atomic mass is 9.72. The Morgan fingerprint density at radius 3 is 3.17 bits per heavy atom. The van der Waals surface area contributed by atoms with Crippen LogP contribution in [0.1, 0.15) is 13.3 Å². The first-order chi connectivity index (χ1) is 5.72. The number of hydrogen-bond donors (Lipinski definition) is 0. The largest absolute Gasteiger partial charge is 0.465 e. The molecule has 2 fully saturated rings. The van der Waals surface area contributed by atoms with E-state index < -0.39 is 0 Å². The Labute approximate surface area is 71.6 Å². The van der Waals surface area contributed by atoms with Crippen LogP contribution < -0.4 is 0 Å². The summed E-state index contributed by atoms with van der Waals surface area (Å²) >= 11 is 0. The minimum atomic E-state index is 0.0364. The SMILES string of the molecule is C[C@]12COC(=O)[C@H]1[C@H]1C=C[C@@H]2C1. The summed E-state index contributed by atoms with van der Waals surface area (Å²) in [6.07, 6.45) is 5.64. The van der Waals surface area contributed by atoms with Crippen molar-refractivity contribution in [3.8, 4) is 0 Å². The van der Waals surface area contributed by atoms with Gasteiger partial charge in [-0.05, 0) is 18.3 Å². The van der Waals surface area contributed by atoms with Crippen molar-refractivity contribution in [3.63, 3.8) is 0 Å². The van der Waals surface area contributed by atoms with Gasteiger partial charge in [-0.3, -0.25) is 4.79 Å². The van der Waals surface area contributed by atoms with Crippen LogP contribution in [-0.4, -0.2) is 12.6 Å². The van der Waals surface area contributed by atoms with Gasteiger partial charge >= 0.3 is 5.97 Å². The summed E-state index contributed by atoms with van der Waals surface area (Å²) in [5.74, 6) is 1.29. The topological polar surface area (TPSA) is 26.3 Å². The maximum atomic E-state index is 11.4. The molecular weight excluding hydrogens is 152 g/mol. The van der Waals surface area contributed by atoms with Crippen LogP contribution in [0.15, 0.2) is 12.2 Å². The summed E-state index contributed by atoms with van der Waals surface area (Å²) in [6.45, 7) is 2.83. The monoisotopic (exact) mass is 164 g/mol. The van der Waals surface area contributed by atoms with Crippen molar-refractivity contribution in [2.75, 3.05) is 6.61 Å². The van der Waals surface area contributed by atoms with E-state index in [-0.39, 0.29) is 17.3 Å². The lowest BCUT2D eigenvalue weighted by Crippen LogP contribution is -2.31. The average molecular weight is 164 g/mol. The Morgan fingerprint density at radius 1 is 1.58 bits per heavy atom. The normalized spacial score (nSPS) is 54.4. The van der Waals surface area contributed by atoms with Crippen molar-refractivity contribution in [2.45, 2.75) is 13.3 Å². The van der Waals surface area contributed by atoms with Crippen LogP contribution in [0.25, 0.3) is 0 Å². The fourth-order valence-electron chi connectivity index (χ4n) is 3.14. The molecule has 2 nitrogen and oxygen atoms in total. The highest BCUT2D eigenvalue weighted by Gasteiger charge is 2.60. The molecule has 0 aromatic heterocycles. The molecule has 12 heavy (non-hydrogen) atoms. The first-order valence-corrected chi connectivity index (χ1v) is 4.57. The predicted molar refractivity (Wildman–Crippen MR) is 43.3 cm³/mol. The number of ether oxygens (including phenoxy) is 1. The molecular formula is C10H12O2. The molecule has 1 heterocycles. The molecule has 1 saturated carbocycles. The van der Waals surface area contributed by atoms with Gasteiger partial charge in [-0.2, -0.15) is 0 Å². The van der Waals surface area contributed by atoms with Gasteiger partial charge in [0.15, 0.2) is 0 Å². The van der Waals surface area contributed by atoms with E-state index in [0.29, 0.717) is 18.4 Å². The second-order valence-corrected chi connectivity index (χ2v) is 4.48. The van der Waals surface area contributed by atoms with Crippen molar-refractivity contribution in [1.29, 1.82) is 0 Å². The minimum Gasteiger partial charge on any atom is -0.465 e. The zero-order chi connectivity index (χ0) is 8.34. The van der Waals surface area contributed by atoms with E-state index in [0.717, 1.165) is 0 Å². The second-order valence-electron chi connectivity index (χ2n) is 4.48. The van der Waals surface area contributed by atoms with Crippen molar-refractivity contribution in [3.05, 3.63) is 12.2 Å². The van der Waals surface area contributed by atoms with Crippen molar-refractivity contribution in [1.82, 2.24) is 0 Å². The number of hydrogen-bond acceptors (Lipinski definition) is 2. The van der Waals surface area contributed by atoms with E-state index in [2.05, 4.69) is 19.1 Å². The molecule has 64 valence electrons. The molecule has 0 N–H and O–H groups in total. The van der Waals surface area contributed by atoms with Crippen LogP contribution in [0, 0.1) is 23.2 Å². The fraction of sp³-hybridized carbons (Fsp3) is 0.700. The first kappa shape index (κ1) is 6.70. The number of carbonyl (C=O) groups is 1. The van der Waals surface area contributed by atoms with Gasteiger partial charge in [0.1, 0.15) is 0 Å². The standard InChI is InChI=1S/C10H12O2/c1-10-5-12-9(11)8(10)6-2-3-7(10)4-6/h2-3,6-8H,4-5H2,1H3/t6-,7+,8+,10+/m0/s1. The summed E-state index contributed by atoms with van der Waals surface area (Å²) in [6, 6.07) is 0. The fourth-order valence-corrected chi connectivity index (χ4v) is 3.14. The third-order valence-corrected chi connectivity index (χ3v) is 3.88. The lowest BCUT2D eigenvalue weighted by Gasteiger charge is -2.27. The molecule has 2 aliphatic carbocycles. The number of allylic oxidation sites excluding steroid dienone is 2. The highest BCUT2D eigenvalue weighted by atomic mass is 16.5. The van der Waals surface area contributed by atoms with E-state index in [1.54, 1.807) is 0 Å². The molecule has 3 rings (SSSR count). The van der Waals surface area contributed by atoms with Gasteiger partial charge in [0.05, 0.1) is 12.5 Å². The molecule has 0 aromatic carbocycles. The van der Waals surface area contributed by atoms with Crippen LogP contribution in [-0.2, 0) is 9.53 Å². The van der Waals surface area contributed by atoms with Gasteiger partial charge in [0.2, 0.25) is 0 Å². The number of cyclic esters (lactones) is 1. The zero-order valence-electron chi connectivity index (χ0n) is 7.12. The molecule has 1 saturated heterocycles. The molecule has 0 unspecified atom stereocenters. The lowest BCUT2D eigenvalue weighted by molar-refractivity contribution is -0.142. The molecule has 3 aliphatic rings. The number of rotatable bonds is 0. The summed E-state index contributed by atoms with van der Waals surface area (Å²) in [5.41, 5.74) is 0.135. The molecule has 4 atom stereocenters. The summed E-state index contributed by atoms with van der Waals surface area (Å²) in [5, 5.41) is 0. The van der Waals surface area contributed by atoms with Crippen molar-refractivity contribution >= 4 is 5.97 Å². The molecule has 1 aliphatic heterocycles. The quantitative estimate of drug-likeness (QED) is 0.399. The minimum absolute atomic E-state index is 0.0364. The van der Waals surface area contributed by atoms with Gasteiger partial charge in [-0.25, -0.2) is 0 Å². The average Bonchev–Trinajstić information content (AvgIpc) is 2.63. The first-order valence-electron chi connectivity index (χ1n) is 4.57. The van der Waals surface area contributed by atoms with E-state index >= 15 is 0 Å². The molecule has 2 bridgehead atoms. The highest BCUT2D eigenvalue weighted by Crippen LogP contribution is 2.59. The van der Waals surface area contributed by atoms with E-state index in [1.165, 1.54) is 6.42 Å². The number of fused-ring (bicyclic) bond motifs is 5. The smallest absolute Gasteiger partial charge is 0.310 e. The van der Waals surface area contributed by atoms with Crippen molar-refractivity contribution < 1.29 is 9.53 Å². The van der Waals surface area contributed by atoms with Crippen LogP contribution in [0.2, 0.25) is 0 Å². The Morgan fingerprint density at radius 2 is 2.42 bits per heavy atom. The summed E-state index contributed by atoms with van der Waals surface area (Å²) in [4.78, 5) is 11.4. The van der Waals surface area contributed by atoms with Crippen LogP contribution >= 0.6 is 0 Å². The summed E-state index contributed by atoms with van der Waals surface area (Å²) in [7, 11) is 0. The van der Waals surface area contributed by atoms with E-state index in [9.17, 15) is 4.79 Å². The second kappa shape index (κ2) is 1.76. The van der Waals surface area contributed by atoms with Crippen LogP contribution in [0.4, 0.5) is 0 Å². The molecule has 0 radical (unpaired) electrons. The highest BCUT2D eigenvalue weighted by molar-refractivity contribution is 5.77. The summed E-state index contributed by atoms with van der Waals surface area (Å²) < 4.78 is 5.12. The Bertz CT molecular complexity index is 282. The van der Waals surface area contributed by atoms with Gasteiger partial charge < -0.3 is 4.74 Å². The molecule has 0 amide bonds. The molecule has 2 heteroatoms. The third kappa shape index (κ3) is 0.530. The maximum Gasteiger partial charge on any atom is 0.310 e. The molecule has 0 aromatic rings. The van der Waals surface area contributed by atoms with Gasteiger partial charge in [0, 0.05) is 5.41 Å². The van der Waals surface area contributed by atoms with E-state index in [4.69, 9.17) is 4.74 Å².